The molecule has 0 bridgehead atoms. The molecule has 0 fully saturated rings. The summed E-state index contributed by atoms with van der Waals surface area (Å²) in [6.07, 6.45) is -9.33. The molecule has 2 aromatic rings. The van der Waals surface area contributed by atoms with Gasteiger partial charge in [-0.15, -0.1) is 0 Å². The third-order valence-electron chi connectivity index (χ3n) is 2.73. The lowest BCUT2D eigenvalue weighted by molar-refractivity contribution is -0.137. The monoisotopic (exact) mass is 410 g/mol. The van der Waals surface area contributed by atoms with Gasteiger partial charge in [-0.1, -0.05) is 19.6 Å². The maximum atomic E-state index is 12.4. The minimum atomic E-state index is -4.81. The van der Waals surface area contributed by atoms with Crippen LogP contribution in [0, 0.1) is 13.1 Å². The van der Waals surface area contributed by atoms with Gasteiger partial charge in [0.25, 0.3) is 0 Å². The van der Waals surface area contributed by atoms with Crippen molar-refractivity contribution in [1.82, 2.24) is 0 Å². The van der Waals surface area contributed by atoms with Crippen LogP contribution in [0.2, 0.25) is 0 Å². The SMILES string of the molecule is C.[2H]O[2H].[2H]c1cc([N+]#[C-])c(C(F)(F)F)c([2H])c1N.[C-]#[N+]c1ccc(N)cc1C(F)(F)F. The zero-order chi connectivity index (χ0) is 24.6. The Hall–Kier alpha value is -3.44. The molecule has 6 N–H and O–H groups in total. The van der Waals surface area contributed by atoms with Crippen LogP contribution in [-0.4, -0.2) is 8.34 Å². The van der Waals surface area contributed by atoms with E-state index in [0.29, 0.717) is 6.07 Å². The van der Waals surface area contributed by atoms with Crippen molar-refractivity contribution in [2.24, 2.45) is 0 Å². The van der Waals surface area contributed by atoms with Crippen LogP contribution in [0.25, 0.3) is 9.69 Å². The molecule has 152 valence electrons. The maximum Gasteiger partial charge on any atom is 0.407 e. The summed E-state index contributed by atoms with van der Waals surface area (Å²) in [6, 6.07) is 2.34. The van der Waals surface area contributed by atoms with E-state index >= 15 is 0 Å². The topological polar surface area (TPSA) is 92.3 Å². The Labute approximate surface area is 162 Å². The summed E-state index contributed by atoms with van der Waals surface area (Å²) in [5.41, 5.74) is 8.91. The summed E-state index contributed by atoms with van der Waals surface area (Å²) >= 11 is 0. The highest BCUT2D eigenvalue weighted by Gasteiger charge is 2.34. The maximum absolute atomic E-state index is 12.4. The molecule has 5 nitrogen and oxygen atoms in total. The van der Waals surface area contributed by atoms with Crippen molar-refractivity contribution in [2.75, 3.05) is 11.5 Å². The van der Waals surface area contributed by atoms with E-state index in [4.69, 9.17) is 30.2 Å². The Kier molecular flexibility index (Phi) is 6.93. The molecule has 0 heterocycles. The Morgan fingerprint density at radius 3 is 1.79 bits per heavy atom. The van der Waals surface area contributed by atoms with Crippen LogP contribution in [0.3, 0.4) is 0 Å². The average Bonchev–Trinajstić information content (AvgIpc) is 2.65. The van der Waals surface area contributed by atoms with E-state index in [1.807, 2.05) is 0 Å². The van der Waals surface area contributed by atoms with Crippen LogP contribution in [0.4, 0.5) is 49.1 Å². The van der Waals surface area contributed by atoms with E-state index in [0.717, 1.165) is 12.1 Å². The Balaban J connectivity index is 0. The van der Waals surface area contributed by atoms with Crippen LogP contribution >= 0.6 is 0 Å². The van der Waals surface area contributed by atoms with E-state index in [9.17, 15) is 26.3 Å². The van der Waals surface area contributed by atoms with Crippen LogP contribution in [-0.2, 0) is 12.4 Å². The standard InChI is InChI=1S/2C8H5F3N2.CH4.H2O/c2*1-13-7-3-2-5(12)4-6(7)8(9,10)11;;/h2*2-4H,12H2;1H4;1H2/i2D,4D;;;/hD2. The summed E-state index contributed by atoms with van der Waals surface area (Å²) in [5, 5.41) is 0. The highest BCUT2D eigenvalue weighted by molar-refractivity contribution is 5.60. The van der Waals surface area contributed by atoms with Crippen molar-refractivity contribution in [3.05, 3.63) is 70.3 Å². The van der Waals surface area contributed by atoms with Crippen LogP contribution in [0.1, 0.15) is 21.3 Å². The molecule has 0 unspecified atom stereocenters. The first-order valence-corrected chi connectivity index (χ1v) is 6.42. The minimum Gasteiger partial charge on any atom is -0.412 e. The summed E-state index contributed by atoms with van der Waals surface area (Å²) < 4.78 is 99.0. The second-order valence-electron chi connectivity index (χ2n) is 4.58. The molecule has 0 aliphatic rings. The van der Waals surface area contributed by atoms with Gasteiger partial charge in [0.2, 0.25) is 2.86 Å². The Bertz CT molecular complexity index is 1000. The molecule has 11 heteroatoms. The number of halogens is 6. The summed E-state index contributed by atoms with van der Waals surface area (Å²) in [5.74, 6) is 0. The molecular formula is C17H16F6N4O. The smallest absolute Gasteiger partial charge is 0.407 e. The fourth-order valence-electron chi connectivity index (χ4n) is 1.64. The third kappa shape index (κ3) is 7.05. The fraction of sp³-hybridized carbons (Fsp3) is 0.176. The van der Waals surface area contributed by atoms with Crippen molar-refractivity contribution >= 4 is 22.7 Å². The first-order chi connectivity index (χ1) is 14.1. The number of nitrogens with two attached hydrogens (primary N) is 2. The van der Waals surface area contributed by atoms with E-state index in [1.54, 1.807) is 0 Å². The summed E-state index contributed by atoms with van der Waals surface area (Å²) in [7, 11) is 0. The van der Waals surface area contributed by atoms with Gasteiger partial charge in [-0.2, -0.15) is 26.3 Å². The lowest BCUT2D eigenvalue weighted by Crippen LogP contribution is -2.05. The molecule has 2 rings (SSSR count). The second kappa shape index (κ2) is 10.0. The number of hydrogen-bond acceptors (Lipinski definition) is 2. The largest absolute Gasteiger partial charge is 0.412 e. The normalized spacial score (nSPS) is 11.9. The van der Waals surface area contributed by atoms with Crippen LogP contribution in [0.5, 0.6) is 0 Å². The van der Waals surface area contributed by atoms with Crippen LogP contribution < -0.4 is 11.5 Å². The number of alkyl halides is 6. The Morgan fingerprint density at radius 2 is 1.36 bits per heavy atom. The number of nitrogen functional groups attached to an aromatic ring is 2. The second-order valence-corrected chi connectivity index (χ2v) is 4.58. The van der Waals surface area contributed by atoms with E-state index in [2.05, 4.69) is 15.2 Å². The third-order valence-corrected chi connectivity index (χ3v) is 2.73. The first-order valence-electron chi connectivity index (χ1n) is 8.24. The van der Waals surface area contributed by atoms with E-state index < -0.39 is 52.6 Å². The van der Waals surface area contributed by atoms with Gasteiger partial charge in [0.1, 0.15) is 0 Å². The summed E-state index contributed by atoms with van der Waals surface area (Å²) in [4.78, 5) is 5.39. The molecule has 0 aliphatic heterocycles. The zero-order valence-corrected chi connectivity index (χ0v) is 13.0. The highest BCUT2D eigenvalue weighted by atomic mass is 19.4. The van der Waals surface area contributed by atoms with Gasteiger partial charge in [0.15, 0.2) is 11.4 Å². The van der Waals surface area contributed by atoms with Gasteiger partial charge in [-0.25, -0.2) is 9.69 Å². The van der Waals surface area contributed by atoms with Gasteiger partial charge in [0.05, 0.1) is 27.0 Å². The Morgan fingerprint density at radius 1 is 0.893 bits per heavy atom. The minimum absolute atomic E-state index is 0. The molecule has 0 aromatic heterocycles. The van der Waals surface area contributed by atoms with Crippen molar-refractivity contribution in [2.45, 2.75) is 19.8 Å². The van der Waals surface area contributed by atoms with Crippen molar-refractivity contribution in [1.29, 1.82) is 2.86 Å². The number of anilines is 2. The highest BCUT2D eigenvalue weighted by Crippen LogP contribution is 2.38. The molecule has 0 atom stereocenters. The molecule has 0 aliphatic carbocycles. The molecule has 0 amide bonds. The molecule has 0 radical (unpaired) electrons. The van der Waals surface area contributed by atoms with Gasteiger partial charge in [0, 0.05) is 11.4 Å². The molecule has 0 saturated carbocycles. The number of rotatable bonds is 0. The average molecular weight is 410 g/mol. The van der Waals surface area contributed by atoms with Crippen molar-refractivity contribution in [3.63, 3.8) is 0 Å². The lowest BCUT2D eigenvalue weighted by Gasteiger charge is -2.08. The molecule has 0 saturated heterocycles. The van der Waals surface area contributed by atoms with Crippen molar-refractivity contribution < 1.29 is 34.6 Å². The molecule has 0 spiro atoms. The van der Waals surface area contributed by atoms with Crippen LogP contribution in [0.15, 0.2) is 36.4 Å². The number of benzene rings is 2. The van der Waals surface area contributed by atoms with Gasteiger partial charge < -0.3 is 16.9 Å². The lowest BCUT2D eigenvalue weighted by atomic mass is 10.1. The predicted octanol–water partition coefficient (Wildman–Crippen LogP) is 5.49. The zero-order valence-electron chi connectivity index (χ0n) is 17.0. The van der Waals surface area contributed by atoms with E-state index in [-0.39, 0.29) is 13.1 Å². The molecule has 2 aromatic carbocycles. The number of nitrogens with zero attached hydrogens (tertiary/aromatic N) is 2. The van der Waals surface area contributed by atoms with E-state index in [1.165, 1.54) is 6.07 Å². The molecular weight excluding hydrogens is 390 g/mol. The van der Waals surface area contributed by atoms with Gasteiger partial charge in [-0.05, 0) is 24.2 Å². The van der Waals surface area contributed by atoms with Gasteiger partial charge >= 0.3 is 12.4 Å². The molecule has 28 heavy (non-hydrogen) atoms. The summed E-state index contributed by atoms with van der Waals surface area (Å²) in [6.45, 7) is 13.1. The first kappa shape index (κ1) is 19.3. The fourth-order valence-corrected chi connectivity index (χ4v) is 1.64. The predicted molar refractivity (Wildman–Crippen MR) is 94.6 cm³/mol. The van der Waals surface area contributed by atoms with Gasteiger partial charge in [-0.3, -0.25) is 0 Å². The quantitative estimate of drug-likeness (QED) is 0.342. The van der Waals surface area contributed by atoms with Crippen molar-refractivity contribution in [3.8, 4) is 0 Å². The number of hydrogen-bond donors (Lipinski definition) is 2.